The highest BCUT2D eigenvalue weighted by Gasteiger charge is 2.14. The van der Waals surface area contributed by atoms with Gasteiger partial charge in [0.15, 0.2) is 0 Å². The number of carbonyl (C=O) groups excluding carboxylic acids is 2. The molecule has 0 radical (unpaired) electrons. The van der Waals surface area contributed by atoms with Crippen molar-refractivity contribution in [3.63, 3.8) is 0 Å². The summed E-state index contributed by atoms with van der Waals surface area (Å²) in [5.74, 6) is -0.0864. The maximum absolute atomic E-state index is 12.3. The highest BCUT2D eigenvalue weighted by Crippen LogP contribution is 2.21. The molecule has 1 N–H and O–H groups in total. The van der Waals surface area contributed by atoms with Crippen molar-refractivity contribution in [2.45, 2.75) is 27.3 Å². The molecule has 2 aromatic heterocycles. The lowest BCUT2D eigenvalue weighted by Crippen LogP contribution is -2.33. The van der Waals surface area contributed by atoms with Crippen molar-refractivity contribution < 1.29 is 14.1 Å². The average Bonchev–Trinajstić information content (AvgIpc) is 3.22. The molecule has 1 aromatic carbocycles. The van der Waals surface area contributed by atoms with Crippen LogP contribution in [0.1, 0.15) is 30.1 Å². The van der Waals surface area contributed by atoms with Crippen LogP contribution in [-0.4, -0.2) is 39.5 Å². The predicted molar refractivity (Wildman–Crippen MR) is 99.1 cm³/mol. The number of aryl methyl sites for hydroxylation is 1. The van der Waals surface area contributed by atoms with Crippen LogP contribution in [0.25, 0.3) is 10.9 Å². The van der Waals surface area contributed by atoms with Gasteiger partial charge in [-0.3, -0.25) is 9.59 Å². The number of benzene rings is 1. The number of rotatable bonds is 6. The van der Waals surface area contributed by atoms with Gasteiger partial charge in [0, 0.05) is 41.9 Å². The van der Waals surface area contributed by atoms with Crippen molar-refractivity contribution in [2.24, 2.45) is 0 Å². The van der Waals surface area contributed by atoms with Gasteiger partial charge in [-0.05, 0) is 45.0 Å². The van der Waals surface area contributed by atoms with Gasteiger partial charge < -0.3 is 19.3 Å². The number of carbonyl (C=O) groups is 2. The zero-order chi connectivity index (χ0) is 18.7. The highest BCUT2D eigenvalue weighted by molar-refractivity contribution is 6.03. The van der Waals surface area contributed by atoms with Gasteiger partial charge in [-0.25, -0.2) is 0 Å². The summed E-state index contributed by atoms with van der Waals surface area (Å²) in [6.45, 7) is 7.40. The van der Waals surface area contributed by atoms with Gasteiger partial charge in [0.1, 0.15) is 6.54 Å². The van der Waals surface area contributed by atoms with Gasteiger partial charge in [0.05, 0.1) is 5.69 Å². The first-order valence-corrected chi connectivity index (χ1v) is 8.63. The first kappa shape index (κ1) is 17.7. The molecule has 7 nitrogen and oxygen atoms in total. The standard InChI is InChI=1S/C19H22N4O3/c1-4-22(5-2)18(24)12-23-9-8-14-11-15(6-7-16(14)23)20-19(25)17-10-13(3)21-26-17/h6-11H,4-5,12H2,1-3H3,(H,20,25). The van der Waals surface area contributed by atoms with E-state index in [4.69, 9.17) is 4.52 Å². The van der Waals surface area contributed by atoms with Gasteiger partial charge in [-0.15, -0.1) is 0 Å². The molecule has 0 aliphatic heterocycles. The van der Waals surface area contributed by atoms with Crippen LogP contribution in [-0.2, 0) is 11.3 Å². The number of nitrogens with zero attached hydrogens (tertiary/aromatic N) is 3. The molecule has 0 aliphatic carbocycles. The SMILES string of the molecule is CCN(CC)C(=O)Cn1ccc2cc(NC(=O)c3cc(C)no3)ccc21. The summed E-state index contributed by atoms with van der Waals surface area (Å²) < 4.78 is 6.89. The number of aromatic nitrogens is 2. The van der Waals surface area contributed by atoms with E-state index in [1.807, 2.05) is 48.9 Å². The van der Waals surface area contributed by atoms with Crippen molar-refractivity contribution in [2.75, 3.05) is 18.4 Å². The smallest absolute Gasteiger partial charge is 0.294 e. The van der Waals surface area contributed by atoms with Crippen molar-refractivity contribution >= 4 is 28.4 Å². The van der Waals surface area contributed by atoms with E-state index >= 15 is 0 Å². The van der Waals surface area contributed by atoms with Crippen LogP contribution in [0.2, 0.25) is 0 Å². The molecule has 136 valence electrons. The Morgan fingerprint density at radius 3 is 2.62 bits per heavy atom. The van der Waals surface area contributed by atoms with Crippen LogP contribution in [0.3, 0.4) is 0 Å². The Kier molecular flexibility index (Phi) is 5.06. The fourth-order valence-corrected chi connectivity index (χ4v) is 2.90. The second-order valence-electron chi connectivity index (χ2n) is 6.07. The van der Waals surface area contributed by atoms with E-state index in [0.29, 0.717) is 31.0 Å². The second kappa shape index (κ2) is 7.43. The number of hydrogen-bond acceptors (Lipinski definition) is 4. The molecule has 0 saturated heterocycles. The summed E-state index contributed by atoms with van der Waals surface area (Å²) in [5.41, 5.74) is 2.25. The molecule has 7 heteroatoms. The minimum Gasteiger partial charge on any atom is -0.351 e. The molecule has 26 heavy (non-hydrogen) atoms. The normalized spacial score (nSPS) is 10.9. The first-order valence-electron chi connectivity index (χ1n) is 8.63. The summed E-state index contributed by atoms with van der Waals surface area (Å²) in [7, 11) is 0. The van der Waals surface area contributed by atoms with Gasteiger partial charge in [-0.1, -0.05) is 5.16 Å². The van der Waals surface area contributed by atoms with Crippen molar-refractivity contribution in [1.82, 2.24) is 14.6 Å². The number of amides is 2. The predicted octanol–water partition coefficient (Wildman–Crippen LogP) is 3.06. The van der Waals surface area contributed by atoms with Crippen LogP contribution < -0.4 is 5.32 Å². The van der Waals surface area contributed by atoms with Crippen molar-refractivity contribution in [1.29, 1.82) is 0 Å². The van der Waals surface area contributed by atoms with E-state index in [1.165, 1.54) is 0 Å². The number of hydrogen-bond donors (Lipinski definition) is 1. The average molecular weight is 354 g/mol. The van der Waals surface area contributed by atoms with Crippen LogP contribution >= 0.6 is 0 Å². The van der Waals surface area contributed by atoms with Crippen LogP contribution in [0, 0.1) is 6.92 Å². The monoisotopic (exact) mass is 354 g/mol. The Bertz CT molecular complexity index is 937. The molecule has 0 spiro atoms. The molecule has 0 unspecified atom stereocenters. The van der Waals surface area contributed by atoms with Gasteiger partial charge in [0.25, 0.3) is 5.91 Å². The van der Waals surface area contributed by atoms with E-state index in [2.05, 4.69) is 10.5 Å². The lowest BCUT2D eigenvalue weighted by Gasteiger charge is -2.19. The highest BCUT2D eigenvalue weighted by atomic mass is 16.5. The quantitative estimate of drug-likeness (QED) is 0.738. The minimum atomic E-state index is -0.346. The van der Waals surface area contributed by atoms with E-state index < -0.39 is 0 Å². The lowest BCUT2D eigenvalue weighted by molar-refractivity contribution is -0.131. The van der Waals surface area contributed by atoms with Gasteiger partial charge in [-0.2, -0.15) is 0 Å². The maximum Gasteiger partial charge on any atom is 0.294 e. The van der Waals surface area contributed by atoms with Crippen molar-refractivity contribution in [3.8, 4) is 0 Å². The molecule has 0 fully saturated rings. The number of anilines is 1. The molecule has 0 saturated carbocycles. The van der Waals surface area contributed by atoms with E-state index in [-0.39, 0.29) is 17.6 Å². The Labute approximate surface area is 151 Å². The Balaban J connectivity index is 1.76. The number of fused-ring (bicyclic) bond motifs is 1. The summed E-state index contributed by atoms with van der Waals surface area (Å²) >= 11 is 0. The third kappa shape index (κ3) is 3.61. The summed E-state index contributed by atoms with van der Waals surface area (Å²) in [5, 5.41) is 7.45. The Hall–Kier alpha value is -3.09. The Morgan fingerprint density at radius 1 is 1.19 bits per heavy atom. The second-order valence-corrected chi connectivity index (χ2v) is 6.07. The Morgan fingerprint density at radius 2 is 1.96 bits per heavy atom. The van der Waals surface area contributed by atoms with Crippen LogP contribution in [0.5, 0.6) is 0 Å². The van der Waals surface area contributed by atoms with Crippen LogP contribution in [0.15, 0.2) is 41.1 Å². The van der Waals surface area contributed by atoms with Gasteiger partial charge >= 0.3 is 0 Å². The molecular weight excluding hydrogens is 332 g/mol. The molecule has 2 amide bonds. The fourth-order valence-electron chi connectivity index (χ4n) is 2.90. The number of nitrogens with one attached hydrogen (secondary N) is 1. The van der Waals surface area contributed by atoms with E-state index in [1.54, 1.807) is 17.9 Å². The third-order valence-electron chi connectivity index (χ3n) is 4.30. The molecule has 0 bridgehead atoms. The maximum atomic E-state index is 12.3. The van der Waals surface area contributed by atoms with Crippen LogP contribution in [0.4, 0.5) is 5.69 Å². The summed E-state index contributed by atoms with van der Waals surface area (Å²) in [6, 6.07) is 9.09. The lowest BCUT2D eigenvalue weighted by atomic mass is 10.2. The zero-order valence-corrected chi connectivity index (χ0v) is 15.2. The fraction of sp³-hybridized carbons (Fsp3) is 0.316. The molecule has 3 rings (SSSR count). The number of likely N-dealkylation sites (N-methyl/N-ethyl adjacent to an activating group) is 1. The summed E-state index contributed by atoms with van der Waals surface area (Å²) in [4.78, 5) is 26.3. The molecule has 0 aliphatic rings. The third-order valence-corrected chi connectivity index (χ3v) is 4.30. The van der Waals surface area contributed by atoms with E-state index in [0.717, 1.165) is 10.9 Å². The molecule has 3 aromatic rings. The van der Waals surface area contributed by atoms with E-state index in [9.17, 15) is 9.59 Å². The molecule has 2 heterocycles. The minimum absolute atomic E-state index is 0.0885. The summed E-state index contributed by atoms with van der Waals surface area (Å²) in [6.07, 6.45) is 1.89. The topological polar surface area (TPSA) is 80.4 Å². The first-order chi connectivity index (χ1) is 12.5. The largest absolute Gasteiger partial charge is 0.351 e. The molecule has 0 atom stereocenters. The van der Waals surface area contributed by atoms with Crippen molar-refractivity contribution in [3.05, 3.63) is 48.0 Å². The van der Waals surface area contributed by atoms with Gasteiger partial charge in [0.2, 0.25) is 11.7 Å². The molecular formula is C19H22N4O3. The zero-order valence-electron chi connectivity index (χ0n) is 15.2.